The van der Waals surface area contributed by atoms with Crippen molar-refractivity contribution in [1.29, 1.82) is 0 Å². The molecule has 8 heteroatoms. The van der Waals surface area contributed by atoms with Gasteiger partial charge in [-0.2, -0.15) is 4.31 Å². The highest BCUT2D eigenvalue weighted by Crippen LogP contribution is 2.25. The number of sulfonamides is 1. The summed E-state index contributed by atoms with van der Waals surface area (Å²) in [5, 5.41) is 11.8. The fourth-order valence-corrected chi connectivity index (χ4v) is 5.13. The summed E-state index contributed by atoms with van der Waals surface area (Å²) in [4.78, 5) is 0.247. The molecule has 27 heavy (non-hydrogen) atoms. The minimum absolute atomic E-state index is 0.220. The maximum absolute atomic E-state index is 12.8. The van der Waals surface area contributed by atoms with Crippen molar-refractivity contribution in [1.82, 2.24) is 18.9 Å². The van der Waals surface area contributed by atoms with Crippen LogP contribution >= 0.6 is 0 Å². The third kappa shape index (κ3) is 3.19. The summed E-state index contributed by atoms with van der Waals surface area (Å²) in [7, 11) is -3.53. The highest BCUT2D eigenvalue weighted by atomic mass is 32.2. The van der Waals surface area contributed by atoms with Gasteiger partial charge in [0.15, 0.2) is 5.65 Å². The molecule has 0 amide bonds. The maximum Gasteiger partial charge on any atom is 0.244 e. The summed E-state index contributed by atoms with van der Waals surface area (Å²) in [6, 6.07) is 11.9. The quantitative estimate of drug-likeness (QED) is 0.705. The summed E-state index contributed by atoms with van der Waals surface area (Å²) < 4.78 is 28.8. The Labute approximate surface area is 159 Å². The Bertz CT molecular complexity index is 1050. The molecule has 1 aliphatic rings. The molecule has 0 saturated carbocycles. The van der Waals surface area contributed by atoms with Gasteiger partial charge in [-0.25, -0.2) is 8.42 Å². The van der Waals surface area contributed by atoms with Crippen LogP contribution in [0.2, 0.25) is 0 Å². The van der Waals surface area contributed by atoms with Crippen molar-refractivity contribution in [2.45, 2.75) is 37.6 Å². The molecule has 2 heterocycles. The second-order valence-corrected chi connectivity index (χ2v) is 8.66. The number of fused-ring (bicyclic) bond motifs is 2. The third-order valence-electron chi connectivity index (χ3n) is 5.10. The minimum Gasteiger partial charge on any atom is -0.351 e. The lowest BCUT2D eigenvalue weighted by molar-refractivity contribution is 0.445. The third-order valence-corrected chi connectivity index (χ3v) is 7.14. The van der Waals surface area contributed by atoms with Crippen LogP contribution in [0.1, 0.15) is 25.0 Å². The molecule has 0 aliphatic heterocycles. The topological polar surface area (TPSA) is 79.6 Å². The lowest BCUT2D eigenvalue weighted by atomic mass is 10.1. The second kappa shape index (κ2) is 6.94. The predicted molar refractivity (Wildman–Crippen MR) is 104 cm³/mol. The second-order valence-electron chi connectivity index (χ2n) is 6.72. The Morgan fingerprint density at radius 2 is 1.74 bits per heavy atom. The van der Waals surface area contributed by atoms with Gasteiger partial charge < -0.3 is 5.32 Å². The normalized spacial score (nSPS) is 14.8. The molecule has 0 radical (unpaired) electrons. The van der Waals surface area contributed by atoms with Gasteiger partial charge >= 0.3 is 0 Å². The van der Waals surface area contributed by atoms with Crippen molar-refractivity contribution in [3.63, 3.8) is 0 Å². The highest BCUT2D eigenvalue weighted by molar-refractivity contribution is 7.89. The summed E-state index contributed by atoms with van der Waals surface area (Å²) >= 11 is 0. The Kier molecular flexibility index (Phi) is 4.61. The molecule has 142 valence electrons. The van der Waals surface area contributed by atoms with Gasteiger partial charge in [0.05, 0.1) is 4.90 Å². The lowest BCUT2D eigenvalue weighted by Crippen LogP contribution is -2.30. The number of pyridine rings is 1. The molecule has 1 aromatic carbocycles. The van der Waals surface area contributed by atoms with Gasteiger partial charge in [0.1, 0.15) is 0 Å². The molecule has 2 aromatic heterocycles. The zero-order valence-corrected chi connectivity index (χ0v) is 16.3. The number of nitrogens with zero attached hydrogens (tertiary/aromatic N) is 4. The van der Waals surface area contributed by atoms with E-state index in [9.17, 15) is 8.42 Å². The average Bonchev–Trinajstić information content (AvgIpc) is 3.26. The zero-order valence-electron chi connectivity index (χ0n) is 15.5. The van der Waals surface area contributed by atoms with E-state index in [1.165, 1.54) is 15.4 Å². The molecular formula is C19H23N5O2S. The van der Waals surface area contributed by atoms with Crippen molar-refractivity contribution in [2.75, 3.05) is 18.4 Å². The first-order chi connectivity index (χ1) is 13.0. The van der Waals surface area contributed by atoms with Crippen molar-refractivity contribution in [3.8, 4) is 0 Å². The largest absolute Gasteiger partial charge is 0.351 e. The van der Waals surface area contributed by atoms with Crippen LogP contribution in [0, 0.1) is 0 Å². The van der Waals surface area contributed by atoms with E-state index in [2.05, 4.69) is 39.8 Å². The first kappa shape index (κ1) is 17.9. The van der Waals surface area contributed by atoms with Crippen molar-refractivity contribution in [3.05, 3.63) is 53.7 Å². The predicted octanol–water partition coefficient (Wildman–Crippen LogP) is 2.34. The van der Waals surface area contributed by atoms with Crippen molar-refractivity contribution in [2.24, 2.45) is 0 Å². The van der Waals surface area contributed by atoms with Crippen LogP contribution in [0.3, 0.4) is 0 Å². The van der Waals surface area contributed by atoms with Gasteiger partial charge in [-0.3, -0.25) is 4.40 Å². The van der Waals surface area contributed by atoms with Crippen molar-refractivity contribution >= 4 is 21.6 Å². The molecule has 0 atom stereocenters. The molecule has 0 bridgehead atoms. The SMILES string of the molecule is CCN(CC)S(=O)(=O)c1ccc2nnc(NC3Cc4ccccc4C3)n2c1. The Morgan fingerprint density at radius 1 is 1.07 bits per heavy atom. The summed E-state index contributed by atoms with van der Waals surface area (Å²) in [5.74, 6) is 0.569. The van der Waals surface area contributed by atoms with Gasteiger partial charge in [-0.05, 0) is 36.1 Å². The Balaban J connectivity index is 1.64. The number of rotatable bonds is 6. The number of hydrogen-bond acceptors (Lipinski definition) is 5. The standard InChI is InChI=1S/C19H23N5O2S/c1-3-23(4-2)27(25,26)17-9-10-18-21-22-19(24(18)13-17)20-16-11-14-7-5-6-8-15(14)12-16/h5-10,13,16H,3-4,11-12H2,1-2H3,(H,20,22). The van der Waals surface area contributed by atoms with E-state index < -0.39 is 10.0 Å². The summed E-state index contributed by atoms with van der Waals surface area (Å²) in [6.45, 7) is 4.54. The van der Waals surface area contributed by atoms with Gasteiger partial charge in [0, 0.05) is 25.3 Å². The van der Waals surface area contributed by atoms with Crippen LogP contribution < -0.4 is 5.32 Å². The van der Waals surface area contributed by atoms with E-state index >= 15 is 0 Å². The molecule has 1 N–H and O–H groups in total. The van der Waals surface area contributed by atoms with E-state index in [1.807, 2.05) is 13.8 Å². The Morgan fingerprint density at radius 3 is 2.37 bits per heavy atom. The molecule has 1 aliphatic carbocycles. The van der Waals surface area contributed by atoms with Crippen LogP contribution in [-0.4, -0.2) is 46.5 Å². The fraction of sp³-hybridized carbons (Fsp3) is 0.368. The first-order valence-electron chi connectivity index (χ1n) is 9.21. The maximum atomic E-state index is 12.8. The smallest absolute Gasteiger partial charge is 0.244 e. The van der Waals surface area contributed by atoms with Crippen LogP contribution in [0.15, 0.2) is 47.5 Å². The molecular weight excluding hydrogens is 362 g/mol. The minimum atomic E-state index is -3.53. The number of nitrogens with one attached hydrogen (secondary N) is 1. The molecule has 0 saturated heterocycles. The molecule has 3 aromatic rings. The first-order valence-corrected chi connectivity index (χ1v) is 10.6. The number of hydrogen-bond donors (Lipinski definition) is 1. The van der Waals surface area contributed by atoms with E-state index in [4.69, 9.17) is 0 Å². The molecule has 0 unspecified atom stereocenters. The van der Waals surface area contributed by atoms with Crippen LogP contribution in [-0.2, 0) is 22.9 Å². The number of anilines is 1. The molecule has 7 nitrogen and oxygen atoms in total. The van der Waals surface area contributed by atoms with Crippen molar-refractivity contribution < 1.29 is 8.42 Å². The van der Waals surface area contributed by atoms with Crippen LogP contribution in [0.4, 0.5) is 5.95 Å². The monoisotopic (exact) mass is 385 g/mol. The molecule has 0 fully saturated rings. The van der Waals surface area contributed by atoms with Gasteiger partial charge in [-0.1, -0.05) is 38.1 Å². The number of aromatic nitrogens is 3. The number of benzene rings is 1. The van der Waals surface area contributed by atoms with Gasteiger partial charge in [0.25, 0.3) is 0 Å². The Hall–Kier alpha value is -2.45. The van der Waals surface area contributed by atoms with E-state index in [0.717, 1.165) is 12.8 Å². The fourth-order valence-electron chi connectivity index (χ4n) is 3.68. The van der Waals surface area contributed by atoms with E-state index in [1.54, 1.807) is 22.7 Å². The van der Waals surface area contributed by atoms with E-state index in [0.29, 0.717) is 24.7 Å². The summed E-state index contributed by atoms with van der Waals surface area (Å²) in [5.41, 5.74) is 3.30. The zero-order chi connectivity index (χ0) is 19.0. The highest BCUT2D eigenvalue weighted by Gasteiger charge is 2.24. The van der Waals surface area contributed by atoms with Gasteiger partial charge in [0.2, 0.25) is 16.0 Å². The summed E-state index contributed by atoms with van der Waals surface area (Å²) in [6.07, 6.45) is 3.44. The van der Waals surface area contributed by atoms with Crippen LogP contribution in [0.25, 0.3) is 5.65 Å². The average molecular weight is 385 g/mol. The van der Waals surface area contributed by atoms with Crippen LogP contribution in [0.5, 0.6) is 0 Å². The molecule has 4 rings (SSSR count). The molecule has 0 spiro atoms. The van der Waals surface area contributed by atoms with E-state index in [-0.39, 0.29) is 10.9 Å². The van der Waals surface area contributed by atoms with Gasteiger partial charge in [-0.15, -0.1) is 10.2 Å². The lowest BCUT2D eigenvalue weighted by Gasteiger charge is -2.18.